The van der Waals surface area contributed by atoms with E-state index < -0.39 is 0 Å². The molecule has 2 heterocycles. The van der Waals surface area contributed by atoms with Gasteiger partial charge in [0.25, 0.3) is 0 Å². The zero-order chi connectivity index (χ0) is 7.52. The van der Waals surface area contributed by atoms with Gasteiger partial charge in [0.05, 0.1) is 12.7 Å². The summed E-state index contributed by atoms with van der Waals surface area (Å²) in [5.41, 5.74) is 0. The number of rotatable bonds is 2. The zero-order valence-electron chi connectivity index (χ0n) is 5.84. The molecule has 0 aliphatic heterocycles. The first-order valence-corrected chi connectivity index (χ1v) is 4.19. The number of nitrogens with zero attached hydrogens (tertiary/aromatic N) is 3. The van der Waals surface area contributed by atoms with Crippen molar-refractivity contribution in [3.8, 4) is 0 Å². The third-order valence-corrected chi connectivity index (χ3v) is 2.23. The molecule has 0 amide bonds. The Labute approximate surface area is 68.3 Å². The minimum atomic E-state index is 0.831. The third-order valence-electron chi connectivity index (χ3n) is 1.37. The van der Waals surface area contributed by atoms with Gasteiger partial charge in [-0.15, -0.1) is 16.4 Å². The number of thiophene rings is 1. The monoisotopic (exact) mass is 165 g/mol. The van der Waals surface area contributed by atoms with E-state index in [0.717, 1.165) is 6.54 Å². The van der Waals surface area contributed by atoms with Crippen molar-refractivity contribution >= 4 is 11.3 Å². The van der Waals surface area contributed by atoms with Gasteiger partial charge in [0.15, 0.2) is 0 Å². The Morgan fingerprint density at radius 2 is 2.55 bits per heavy atom. The second-order valence-electron chi connectivity index (χ2n) is 2.18. The Balaban J connectivity index is 2.14. The van der Waals surface area contributed by atoms with Crippen LogP contribution >= 0.6 is 11.3 Å². The Morgan fingerprint density at radius 3 is 3.18 bits per heavy atom. The summed E-state index contributed by atoms with van der Waals surface area (Å²) in [5.74, 6) is 0. The molecule has 0 saturated carbocycles. The van der Waals surface area contributed by atoms with E-state index in [2.05, 4.69) is 21.8 Å². The van der Waals surface area contributed by atoms with Gasteiger partial charge < -0.3 is 0 Å². The molecule has 0 unspecified atom stereocenters. The molecular weight excluding hydrogens is 158 g/mol. The lowest BCUT2D eigenvalue weighted by atomic mass is 10.5. The summed E-state index contributed by atoms with van der Waals surface area (Å²) in [6.07, 6.45) is 3.55. The predicted molar refractivity (Wildman–Crippen MR) is 43.4 cm³/mol. The summed E-state index contributed by atoms with van der Waals surface area (Å²) in [5, 5.41) is 9.65. The average Bonchev–Trinajstić information content (AvgIpc) is 2.60. The SMILES string of the molecule is c1csc(Cn2ccnn2)c1. The summed E-state index contributed by atoms with van der Waals surface area (Å²) in [6, 6.07) is 4.13. The van der Waals surface area contributed by atoms with E-state index in [1.165, 1.54) is 4.88 Å². The van der Waals surface area contributed by atoms with Crippen LogP contribution in [0.25, 0.3) is 0 Å². The van der Waals surface area contributed by atoms with Gasteiger partial charge in [-0.1, -0.05) is 11.3 Å². The van der Waals surface area contributed by atoms with E-state index in [9.17, 15) is 0 Å². The molecule has 0 atom stereocenters. The smallest absolute Gasteiger partial charge is 0.0769 e. The van der Waals surface area contributed by atoms with Gasteiger partial charge in [0, 0.05) is 11.1 Å². The summed E-state index contributed by atoms with van der Waals surface area (Å²) in [6.45, 7) is 0.831. The fraction of sp³-hybridized carbons (Fsp3) is 0.143. The zero-order valence-corrected chi connectivity index (χ0v) is 6.66. The fourth-order valence-corrected chi connectivity index (χ4v) is 1.58. The van der Waals surface area contributed by atoms with Crippen LogP contribution in [0.1, 0.15) is 4.88 Å². The Bertz CT molecular complexity index is 266. The lowest BCUT2D eigenvalue weighted by Crippen LogP contribution is -1.97. The molecule has 0 aromatic carbocycles. The first-order valence-electron chi connectivity index (χ1n) is 3.31. The van der Waals surface area contributed by atoms with Gasteiger partial charge in [-0.2, -0.15) is 0 Å². The highest BCUT2D eigenvalue weighted by Gasteiger charge is 1.94. The molecule has 11 heavy (non-hydrogen) atoms. The topological polar surface area (TPSA) is 30.7 Å². The molecule has 0 bridgehead atoms. The highest BCUT2D eigenvalue weighted by molar-refractivity contribution is 7.09. The number of hydrogen-bond donors (Lipinski definition) is 0. The Morgan fingerprint density at radius 1 is 1.55 bits per heavy atom. The van der Waals surface area contributed by atoms with Crippen molar-refractivity contribution in [2.75, 3.05) is 0 Å². The van der Waals surface area contributed by atoms with Crippen LogP contribution in [0.15, 0.2) is 29.9 Å². The first kappa shape index (κ1) is 6.54. The summed E-state index contributed by atoms with van der Waals surface area (Å²) in [4.78, 5) is 1.30. The molecule has 0 fully saturated rings. The molecule has 0 aliphatic carbocycles. The molecule has 0 N–H and O–H groups in total. The fourth-order valence-electron chi connectivity index (χ4n) is 0.879. The summed E-state index contributed by atoms with van der Waals surface area (Å²) < 4.78 is 1.81. The molecular formula is C7H7N3S. The van der Waals surface area contributed by atoms with Crippen molar-refractivity contribution in [2.24, 2.45) is 0 Å². The van der Waals surface area contributed by atoms with Crippen LogP contribution < -0.4 is 0 Å². The lowest BCUT2D eigenvalue weighted by Gasteiger charge is -1.93. The van der Waals surface area contributed by atoms with E-state index in [1.54, 1.807) is 17.5 Å². The summed E-state index contributed by atoms with van der Waals surface area (Å²) in [7, 11) is 0. The van der Waals surface area contributed by atoms with Crippen molar-refractivity contribution in [3.05, 3.63) is 34.8 Å². The van der Waals surface area contributed by atoms with Crippen LogP contribution in [0, 0.1) is 0 Å². The minimum Gasteiger partial charge on any atom is -0.247 e. The van der Waals surface area contributed by atoms with Crippen LogP contribution in [0.3, 0.4) is 0 Å². The lowest BCUT2D eigenvalue weighted by molar-refractivity contribution is 0.656. The van der Waals surface area contributed by atoms with Gasteiger partial charge in [-0.05, 0) is 11.4 Å². The van der Waals surface area contributed by atoms with Gasteiger partial charge in [0.1, 0.15) is 0 Å². The standard InChI is InChI=1S/C7H7N3S/c1-2-7(11-5-1)6-10-4-3-8-9-10/h1-5H,6H2. The van der Waals surface area contributed by atoms with Crippen LogP contribution in [0.4, 0.5) is 0 Å². The van der Waals surface area contributed by atoms with Gasteiger partial charge in [-0.3, -0.25) is 0 Å². The maximum atomic E-state index is 3.86. The molecule has 0 aliphatic rings. The van der Waals surface area contributed by atoms with Crippen molar-refractivity contribution < 1.29 is 0 Å². The summed E-state index contributed by atoms with van der Waals surface area (Å²) >= 11 is 1.73. The molecule has 3 nitrogen and oxygen atoms in total. The van der Waals surface area contributed by atoms with E-state index in [1.807, 2.05) is 16.9 Å². The van der Waals surface area contributed by atoms with Crippen molar-refractivity contribution in [3.63, 3.8) is 0 Å². The van der Waals surface area contributed by atoms with Gasteiger partial charge in [0.2, 0.25) is 0 Å². The van der Waals surface area contributed by atoms with Crippen molar-refractivity contribution in [2.45, 2.75) is 6.54 Å². The second-order valence-corrected chi connectivity index (χ2v) is 3.21. The molecule has 56 valence electrons. The molecule has 4 heteroatoms. The average molecular weight is 165 g/mol. The minimum absolute atomic E-state index is 0.831. The van der Waals surface area contributed by atoms with Crippen LogP contribution in [0.5, 0.6) is 0 Å². The Hall–Kier alpha value is -1.16. The molecule has 0 radical (unpaired) electrons. The van der Waals surface area contributed by atoms with E-state index in [4.69, 9.17) is 0 Å². The van der Waals surface area contributed by atoms with Crippen LogP contribution in [-0.2, 0) is 6.54 Å². The second kappa shape index (κ2) is 2.84. The number of hydrogen-bond acceptors (Lipinski definition) is 3. The van der Waals surface area contributed by atoms with Gasteiger partial charge in [-0.25, -0.2) is 4.68 Å². The molecule has 0 spiro atoms. The first-order chi connectivity index (χ1) is 5.45. The van der Waals surface area contributed by atoms with Crippen LogP contribution in [-0.4, -0.2) is 15.0 Å². The van der Waals surface area contributed by atoms with Gasteiger partial charge >= 0.3 is 0 Å². The molecule has 0 saturated heterocycles. The number of aromatic nitrogens is 3. The maximum Gasteiger partial charge on any atom is 0.0769 e. The van der Waals surface area contributed by atoms with E-state index in [0.29, 0.717) is 0 Å². The maximum absolute atomic E-state index is 3.86. The highest BCUT2D eigenvalue weighted by atomic mass is 32.1. The van der Waals surface area contributed by atoms with Crippen molar-refractivity contribution in [1.82, 2.24) is 15.0 Å². The normalized spacial score (nSPS) is 10.2. The van der Waals surface area contributed by atoms with E-state index in [-0.39, 0.29) is 0 Å². The largest absolute Gasteiger partial charge is 0.247 e. The molecule has 2 rings (SSSR count). The predicted octanol–water partition coefficient (Wildman–Crippen LogP) is 1.39. The van der Waals surface area contributed by atoms with Crippen LogP contribution in [0.2, 0.25) is 0 Å². The van der Waals surface area contributed by atoms with E-state index >= 15 is 0 Å². The molecule has 2 aromatic rings. The third kappa shape index (κ3) is 1.46. The quantitative estimate of drug-likeness (QED) is 0.673. The molecule has 2 aromatic heterocycles. The van der Waals surface area contributed by atoms with Crippen molar-refractivity contribution in [1.29, 1.82) is 0 Å². The highest BCUT2D eigenvalue weighted by Crippen LogP contribution is 2.08. The Kier molecular flexibility index (Phi) is 1.69.